The summed E-state index contributed by atoms with van der Waals surface area (Å²) >= 11 is 1.28. The molecule has 5 rings (SSSR count). The van der Waals surface area contributed by atoms with Crippen LogP contribution in [0.2, 0.25) is 0 Å². The first-order chi connectivity index (χ1) is 12.1. The van der Waals surface area contributed by atoms with Gasteiger partial charge in [0.15, 0.2) is 0 Å². The summed E-state index contributed by atoms with van der Waals surface area (Å²) in [5, 5.41) is 1.81. The van der Waals surface area contributed by atoms with E-state index in [9.17, 15) is 8.42 Å². The first-order valence-corrected chi connectivity index (χ1v) is 12.0. The van der Waals surface area contributed by atoms with Gasteiger partial charge in [-0.1, -0.05) is 12.5 Å². The molecule has 2 bridgehead atoms. The molecule has 4 aliphatic heterocycles. The van der Waals surface area contributed by atoms with E-state index in [0.29, 0.717) is 16.8 Å². The molecule has 7 heteroatoms. The molecule has 4 fully saturated rings. The smallest absolute Gasteiger partial charge is 0.250 e. The number of rotatable bonds is 6. The van der Waals surface area contributed by atoms with Crippen LogP contribution in [-0.2, 0) is 10.0 Å². The van der Waals surface area contributed by atoms with Crippen LogP contribution in [0, 0.1) is 11.8 Å². The van der Waals surface area contributed by atoms with Crippen molar-refractivity contribution in [2.24, 2.45) is 11.8 Å². The summed E-state index contributed by atoms with van der Waals surface area (Å²) < 4.78 is 28.0. The van der Waals surface area contributed by atoms with Crippen LogP contribution >= 0.6 is 11.3 Å². The van der Waals surface area contributed by atoms with Crippen LogP contribution in [-0.4, -0.2) is 63.5 Å². The van der Waals surface area contributed by atoms with Gasteiger partial charge in [-0.15, -0.1) is 11.3 Å². The number of hydrogen-bond donors (Lipinski definition) is 1. The van der Waals surface area contributed by atoms with Gasteiger partial charge in [0.1, 0.15) is 4.21 Å². The maximum absolute atomic E-state index is 12.3. The van der Waals surface area contributed by atoms with E-state index in [0.717, 1.165) is 31.3 Å². The second-order valence-electron chi connectivity index (χ2n) is 7.84. The number of sulfonamides is 1. The van der Waals surface area contributed by atoms with Crippen LogP contribution in [0.3, 0.4) is 0 Å². The highest BCUT2D eigenvalue weighted by Gasteiger charge is 2.40. The Balaban J connectivity index is 1.31. The molecular formula is C18H29N3O2S2. The number of nitrogens with one attached hydrogen (secondary N) is 1. The van der Waals surface area contributed by atoms with Crippen molar-refractivity contribution in [2.75, 3.05) is 39.3 Å². The molecular weight excluding hydrogens is 354 g/mol. The van der Waals surface area contributed by atoms with Gasteiger partial charge in [0.25, 0.3) is 0 Å². The van der Waals surface area contributed by atoms with Crippen molar-refractivity contribution < 1.29 is 8.42 Å². The summed E-state index contributed by atoms with van der Waals surface area (Å²) in [4.78, 5) is 5.19. The predicted molar refractivity (Wildman–Crippen MR) is 101 cm³/mol. The van der Waals surface area contributed by atoms with Crippen LogP contribution in [0.1, 0.15) is 32.1 Å². The zero-order chi connectivity index (χ0) is 17.3. The summed E-state index contributed by atoms with van der Waals surface area (Å²) in [5.41, 5.74) is 0. The van der Waals surface area contributed by atoms with Crippen LogP contribution in [0.25, 0.3) is 0 Å². The predicted octanol–water partition coefficient (Wildman–Crippen LogP) is 2.22. The minimum Gasteiger partial charge on any atom is -0.303 e. The lowest BCUT2D eigenvalue weighted by Gasteiger charge is -2.51. The molecule has 4 saturated heterocycles. The molecule has 1 N–H and O–H groups in total. The summed E-state index contributed by atoms with van der Waals surface area (Å²) in [6.45, 7) is 6.61. The van der Waals surface area contributed by atoms with E-state index in [4.69, 9.17) is 0 Å². The fourth-order valence-corrected chi connectivity index (χ4v) is 6.95. The summed E-state index contributed by atoms with van der Waals surface area (Å²) in [6, 6.07) is 3.83. The number of thiophene rings is 1. The first kappa shape index (κ1) is 17.9. The molecule has 0 spiro atoms. The highest BCUT2D eigenvalue weighted by atomic mass is 32.2. The molecule has 5 heterocycles. The highest BCUT2D eigenvalue weighted by molar-refractivity contribution is 7.91. The summed E-state index contributed by atoms with van der Waals surface area (Å²) in [7, 11) is -3.34. The molecule has 4 atom stereocenters. The van der Waals surface area contributed by atoms with E-state index in [1.54, 1.807) is 12.1 Å². The number of fused-ring (bicyclic) bond motifs is 3. The first-order valence-electron chi connectivity index (χ1n) is 9.61. The molecule has 0 aliphatic carbocycles. The lowest BCUT2D eigenvalue weighted by Crippen LogP contribution is -2.58. The van der Waals surface area contributed by atoms with Gasteiger partial charge in [-0.05, 0) is 68.6 Å². The summed E-state index contributed by atoms with van der Waals surface area (Å²) in [5.74, 6) is 1.54. The van der Waals surface area contributed by atoms with Crippen molar-refractivity contribution >= 4 is 21.4 Å². The molecule has 0 saturated carbocycles. The Bertz CT molecular complexity index is 656. The molecule has 140 valence electrons. The van der Waals surface area contributed by atoms with Gasteiger partial charge < -0.3 is 4.90 Å². The quantitative estimate of drug-likeness (QED) is 0.818. The Kier molecular flexibility index (Phi) is 5.48. The Morgan fingerprint density at radius 1 is 1.20 bits per heavy atom. The molecule has 5 nitrogen and oxygen atoms in total. The minimum atomic E-state index is -3.34. The molecule has 0 aromatic carbocycles. The average molecular weight is 384 g/mol. The van der Waals surface area contributed by atoms with Crippen molar-refractivity contribution in [3.8, 4) is 0 Å². The second-order valence-corrected chi connectivity index (χ2v) is 10.8. The maximum atomic E-state index is 12.3. The van der Waals surface area contributed by atoms with Crippen LogP contribution in [0.4, 0.5) is 0 Å². The standard InChI is InChI=1S/C18H29N3O2S2/c22-25(23,18-5-4-10-24-18)19-12-17-11-15-6-9-21(17)14-16(15)13-20-7-2-1-3-8-20/h4-5,10,15-17,19H,1-3,6-9,11-14H2/t15-,16-,17+/m0/s1. The third kappa shape index (κ3) is 4.11. The number of likely N-dealkylation sites (tertiary alicyclic amines) is 1. The van der Waals surface area contributed by atoms with Gasteiger partial charge in [0, 0.05) is 25.7 Å². The molecule has 0 radical (unpaired) electrons. The largest absolute Gasteiger partial charge is 0.303 e. The van der Waals surface area contributed by atoms with Crippen molar-refractivity contribution in [1.29, 1.82) is 0 Å². The van der Waals surface area contributed by atoms with Gasteiger partial charge in [-0.3, -0.25) is 4.90 Å². The lowest BCUT2D eigenvalue weighted by atomic mass is 9.75. The zero-order valence-corrected chi connectivity index (χ0v) is 16.4. The fourth-order valence-electron chi connectivity index (χ4n) is 4.84. The third-order valence-electron chi connectivity index (χ3n) is 6.22. The van der Waals surface area contributed by atoms with Gasteiger partial charge >= 0.3 is 0 Å². The topological polar surface area (TPSA) is 52.7 Å². The number of hydrogen-bond acceptors (Lipinski definition) is 5. The fraction of sp³-hybridized carbons (Fsp3) is 0.778. The monoisotopic (exact) mass is 383 g/mol. The summed E-state index contributed by atoms with van der Waals surface area (Å²) in [6.07, 6.45) is 6.53. The van der Waals surface area contributed by atoms with E-state index in [1.807, 2.05) is 5.38 Å². The lowest BCUT2D eigenvalue weighted by molar-refractivity contribution is -0.0122. The van der Waals surface area contributed by atoms with E-state index >= 15 is 0 Å². The van der Waals surface area contributed by atoms with E-state index in [-0.39, 0.29) is 0 Å². The van der Waals surface area contributed by atoms with Crippen molar-refractivity contribution in [2.45, 2.75) is 42.4 Å². The van der Waals surface area contributed by atoms with Crippen molar-refractivity contribution in [3.63, 3.8) is 0 Å². The SMILES string of the molecule is O=S(=O)(NC[C@H]1C[C@@H]2CCN1C[C@@H]2CN1CCCCC1)c1cccs1. The van der Waals surface area contributed by atoms with E-state index in [1.165, 1.54) is 56.7 Å². The molecule has 4 aliphatic rings. The molecule has 1 unspecified atom stereocenters. The van der Waals surface area contributed by atoms with Crippen LogP contribution in [0.5, 0.6) is 0 Å². The van der Waals surface area contributed by atoms with Gasteiger partial charge in [0.2, 0.25) is 10.0 Å². The Labute approximate surface area is 155 Å². The van der Waals surface area contributed by atoms with Gasteiger partial charge in [-0.2, -0.15) is 0 Å². The van der Waals surface area contributed by atoms with Crippen molar-refractivity contribution in [3.05, 3.63) is 17.5 Å². The van der Waals surface area contributed by atoms with E-state index in [2.05, 4.69) is 14.5 Å². The molecule has 0 amide bonds. The van der Waals surface area contributed by atoms with Gasteiger partial charge in [0.05, 0.1) is 0 Å². The Morgan fingerprint density at radius 2 is 2.04 bits per heavy atom. The number of piperidine rings is 4. The van der Waals surface area contributed by atoms with Crippen molar-refractivity contribution in [1.82, 2.24) is 14.5 Å². The van der Waals surface area contributed by atoms with Crippen LogP contribution in [0.15, 0.2) is 21.7 Å². The zero-order valence-electron chi connectivity index (χ0n) is 14.8. The third-order valence-corrected chi connectivity index (χ3v) is 9.05. The van der Waals surface area contributed by atoms with Gasteiger partial charge in [-0.25, -0.2) is 13.1 Å². The highest BCUT2D eigenvalue weighted by Crippen LogP contribution is 2.37. The Morgan fingerprint density at radius 3 is 2.72 bits per heavy atom. The minimum absolute atomic E-state index is 0.367. The second kappa shape index (κ2) is 7.64. The van der Waals surface area contributed by atoms with E-state index < -0.39 is 10.0 Å². The molecule has 1 aromatic heterocycles. The Hall–Kier alpha value is -0.470. The normalized spacial score (nSPS) is 33.6. The maximum Gasteiger partial charge on any atom is 0.250 e. The van der Waals surface area contributed by atoms with Crippen LogP contribution < -0.4 is 4.72 Å². The molecule has 1 aromatic rings. The number of nitrogens with zero attached hydrogens (tertiary/aromatic N) is 2. The average Bonchev–Trinajstić information content (AvgIpc) is 3.17. The molecule has 25 heavy (non-hydrogen) atoms.